The van der Waals surface area contributed by atoms with Gasteiger partial charge < -0.3 is 5.32 Å². The van der Waals surface area contributed by atoms with Gasteiger partial charge in [-0.15, -0.1) is 0 Å². The first kappa shape index (κ1) is 13.4. The van der Waals surface area contributed by atoms with Gasteiger partial charge in [0, 0.05) is 18.3 Å². The highest BCUT2D eigenvalue weighted by Crippen LogP contribution is 2.32. The first-order chi connectivity index (χ1) is 8.53. The zero-order chi connectivity index (χ0) is 13.2. The van der Waals surface area contributed by atoms with Crippen LogP contribution in [0.1, 0.15) is 26.7 Å². The Morgan fingerprint density at radius 3 is 2.39 bits per heavy atom. The maximum absolute atomic E-state index is 11.9. The number of hydrogen-bond acceptors (Lipinski definition) is 3. The van der Waals surface area contributed by atoms with Crippen LogP contribution in [-0.4, -0.2) is 21.0 Å². The highest BCUT2D eigenvalue weighted by atomic mass is 32.2. The van der Waals surface area contributed by atoms with Crippen LogP contribution in [0.5, 0.6) is 0 Å². The first-order valence-electron chi connectivity index (χ1n) is 6.39. The van der Waals surface area contributed by atoms with Crippen LogP contribution in [0.3, 0.4) is 0 Å². The SMILES string of the molecule is CCCNS(=O)(=O)c1ccc(NC2CC2C)cc1. The number of nitrogens with one attached hydrogen (secondary N) is 2. The van der Waals surface area contributed by atoms with Gasteiger partial charge >= 0.3 is 0 Å². The Morgan fingerprint density at radius 2 is 1.89 bits per heavy atom. The molecule has 2 rings (SSSR count). The van der Waals surface area contributed by atoms with E-state index in [1.165, 1.54) is 6.42 Å². The zero-order valence-electron chi connectivity index (χ0n) is 10.8. The summed E-state index contributed by atoms with van der Waals surface area (Å²) in [6.07, 6.45) is 1.98. The van der Waals surface area contributed by atoms with Crippen molar-refractivity contribution in [1.82, 2.24) is 4.72 Å². The van der Waals surface area contributed by atoms with Gasteiger partial charge in [0.1, 0.15) is 0 Å². The Kier molecular flexibility index (Phi) is 3.92. The molecule has 2 unspecified atom stereocenters. The molecule has 0 aliphatic heterocycles. The van der Waals surface area contributed by atoms with Gasteiger partial charge in [-0.25, -0.2) is 13.1 Å². The first-order valence-corrected chi connectivity index (χ1v) is 7.87. The van der Waals surface area contributed by atoms with Crippen LogP contribution < -0.4 is 10.0 Å². The molecule has 2 atom stereocenters. The van der Waals surface area contributed by atoms with Crippen molar-refractivity contribution in [3.05, 3.63) is 24.3 Å². The maximum Gasteiger partial charge on any atom is 0.240 e. The molecule has 18 heavy (non-hydrogen) atoms. The molecule has 1 fully saturated rings. The van der Waals surface area contributed by atoms with Crippen LogP contribution in [0.25, 0.3) is 0 Å². The summed E-state index contributed by atoms with van der Waals surface area (Å²) in [5, 5.41) is 3.37. The number of hydrogen-bond donors (Lipinski definition) is 2. The molecular weight excluding hydrogens is 248 g/mol. The lowest BCUT2D eigenvalue weighted by Gasteiger charge is -2.08. The second-order valence-electron chi connectivity index (χ2n) is 4.89. The number of rotatable bonds is 6. The predicted octanol–water partition coefficient (Wildman–Crippen LogP) is 2.20. The van der Waals surface area contributed by atoms with Crippen LogP contribution in [-0.2, 0) is 10.0 Å². The van der Waals surface area contributed by atoms with Crippen LogP contribution in [0.2, 0.25) is 0 Å². The average molecular weight is 268 g/mol. The molecular formula is C13H20N2O2S. The quantitative estimate of drug-likeness (QED) is 0.831. The highest BCUT2D eigenvalue weighted by molar-refractivity contribution is 7.89. The summed E-state index contributed by atoms with van der Waals surface area (Å²) < 4.78 is 26.3. The Balaban J connectivity index is 2.02. The summed E-state index contributed by atoms with van der Waals surface area (Å²) in [5.74, 6) is 0.722. The molecule has 0 saturated heterocycles. The third-order valence-electron chi connectivity index (χ3n) is 3.17. The smallest absolute Gasteiger partial charge is 0.240 e. The minimum absolute atomic E-state index is 0.324. The van der Waals surface area contributed by atoms with Crippen LogP contribution >= 0.6 is 0 Å². The molecule has 1 aromatic rings. The van der Waals surface area contributed by atoms with Crippen LogP contribution in [0.4, 0.5) is 5.69 Å². The third-order valence-corrected chi connectivity index (χ3v) is 4.65. The third kappa shape index (κ3) is 3.23. The average Bonchev–Trinajstić information content (AvgIpc) is 3.03. The van der Waals surface area contributed by atoms with Crippen LogP contribution in [0.15, 0.2) is 29.2 Å². The molecule has 1 saturated carbocycles. The molecule has 0 radical (unpaired) electrons. The summed E-state index contributed by atoms with van der Waals surface area (Å²) in [6.45, 7) is 4.61. The Morgan fingerprint density at radius 1 is 1.28 bits per heavy atom. The molecule has 1 aromatic carbocycles. The number of benzene rings is 1. The van der Waals surface area contributed by atoms with Crippen LogP contribution in [0, 0.1) is 5.92 Å². The number of anilines is 1. The molecule has 4 nitrogen and oxygen atoms in total. The van der Waals surface area contributed by atoms with E-state index in [0.29, 0.717) is 17.5 Å². The van der Waals surface area contributed by atoms with Gasteiger partial charge in [0.05, 0.1) is 4.90 Å². The van der Waals surface area contributed by atoms with Gasteiger partial charge in [-0.05, 0) is 43.0 Å². The van der Waals surface area contributed by atoms with Crippen molar-refractivity contribution < 1.29 is 8.42 Å². The van der Waals surface area contributed by atoms with Crippen molar-refractivity contribution in [3.63, 3.8) is 0 Å². The lowest BCUT2D eigenvalue weighted by Crippen LogP contribution is -2.24. The van der Waals surface area contributed by atoms with Gasteiger partial charge in [-0.2, -0.15) is 0 Å². The fourth-order valence-electron chi connectivity index (χ4n) is 1.79. The molecule has 0 aromatic heterocycles. The second-order valence-corrected chi connectivity index (χ2v) is 6.65. The molecule has 100 valence electrons. The van der Waals surface area contributed by atoms with E-state index in [4.69, 9.17) is 0 Å². The minimum atomic E-state index is -3.34. The minimum Gasteiger partial charge on any atom is -0.382 e. The highest BCUT2D eigenvalue weighted by Gasteiger charge is 2.32. The lowest BCUT2D eigenvalue weighted by molar-refractivity contribution is 0.581. The fourth-order valence-corrected chi connectivity index (χ4v) is 2.92. The molecule has 0 amide bonds. The van der Waals surface area contributed by atoms with Gasteiger partial charge in [-0.1, -0.05) is 13.8 Å². The molecule has 0 heterocycles. The normalized spacial score (nSPS) is 22.8. The van der Waals surface area contributed by atoms with Crippen molar-refractivity contribution in [2.45, 2.75) is 37.6 Å². The van der Waals surface area contributed by atoms with E-state index in [9.17, 15) is 8.42 Å². The van der Waals surface area contributed by atoms with Gasteiger partial charge in [-0.3, -0.25) is 0 Å². The van der Waals surface area contributed by atoms with E-state index in [1.54, 1.807) is 12.1 Å². The van der Waals surface area contributed by atoms with Gasteiger partial charge in [0.25, 0.3) is 0 Å². The summed E-state index contributed by atoms with van der Waals surface area (Å²) in [4.78, 5) is 0.324. The summed E-state index contributed by atoms with van der Waals surface area (Å²) in [7, 11) is -3.34. The molecule has 2 N–H and O–H groups in total. The predicted molar refractivity (Wildman–Crippen MR) is 73.1 cm³/mol. The van der Waals surface area contributed by atoms with Crippen molar-refractivity contribution in [2.75, 3.05) is 11.9 Å². The van der Waals surface area contributed by atoms with E-state index in [0.717, 1.165) is 18.0 Å². The van der Waals surface area contributed by atoms with E-state index in [-0.39, 0.29) is 0 Å². The molecule has 0 spiro atoms. The summed E-state index contributed by atoms with van der Waals surface area (Å²) in [6, 6.07) is 7.49. The monoisotopic (exact) mass is 268 g/mol. The zero-order valence-corrected chi connectivity index (χ0v) is 11.6. The van der Waals surface area contributed by atoms with Crippen molar-refractivity contribution >= 4 is 15.7 Å². The molecule has 1 aliphatic rings. The summed E-state index contributed by atoms with van der Waals surface area (Å²) >= 11 is 0. The lowest BCUT2D eigenvalue weighted by atomic mass is 10.3. The topological polar surface area (TPSA) is 58.2 Å². The molecule has 0 bridgehead atoms. The summed E-state index contributed by atoms with van der Waals surface area (Å²) in [5.41, 5.74) is 0.985. The largest absolute Gasteiger partial charge is 0.382 e. The maximum atomic E-state index is 11.9. The second kappa shape index (κ2) is 5.28. The van der Waals surface area contributed by atoms with E-state index in [1.807, 2.05) is 19.1 Å². The standard InChI is InChI=1S/C13H20N2O2S/c1-3-8-14-18(16,17)12-6-4-11(5-7-12)15-13-9-10(13)2/h4-7,10,13-15H,3,8-9H2,1-2H3. The molecule has 5 heteroatoms. The number of sulfonamides is 1. The van der Waals surface area contributed by atoms with Crippen molar-refractivity contribution in [1.29, 1.82) is 0 Å². The van der Waals surface area contributed by atoms with Gasteiger partial charge in [0.15, 0.2) is 0 Å². The Bertz CT molecular complexity index is 496. The van der Waals surface area contributed by atoms with Crippen molar-refractivity contribution in [2.24, 2.45) is 5.92 Å². The van der Waals surface area contributed by atoms with E-state index >= 15 is 0 Å². The van der Waals surface area contributed by atoms with Gasteiger partial charge in [0.2, 0.25) is 10.0 Å². The molecule has 1 aliphatic carbocycles. The fraction of sp³-hybridized carbons (Fsp3) is 0.538. The van der Waals surface area contributed by atoms with E-state index in [2.05, 4.69) is 17.0 Å². The Labute approximate surface area is 109 Å². The van der Waals surface area contributed by atoms with Crippen molar-refractivity contribution in [3.8, 4) is 0 Å². The Hall–Kier alpha value is -1.07. The van der Waals surface area contributed by atoms with E-state index < -0.39 is 10.0 Å².